The zero-order valence-electron chi connectivity index (χ0n) is 12.4. The Balaban J connectivity index is 2.11. The summed E-state index contributed by atoms with van der Waals surface area (Å²) >= 11 is 0. The smallest absolute Gasteiger partial charge is 0.124 e. The Morgan fingerprint density at radius 2 is 2.21 bits per heavy atom. The molecule has 3 heteroatoms. The van der Waals surface area contributed by atoms with Crippen LogP contribution in [0.4, 0.5) is 0 Å². The Bertz CT molecular complexity index is 388. The summed E-state index contributed by atoms with van der Waals surface area (Å²) in [6.45, 7) is 7.28. The van der Waals surface area contributed by atoms with Crippen molar-refractivity contribution in [1.82, 2.24) is 10.2 Å². The molecule has 0 spiro atoms. The first-order chi connectivity index (χ1) is 9.24. The Hall–Kier alpha value is -1.06. The van der Waals surface area contributed by atoms with E-state index in [0.717, 1.165) is 25.4 Å². The van der Waals surface area contributed by atoms with Crippen molar-refractivity contribution in [2.24, 2.45) is 0 Å². The van der Waals surface area contributed by atoms with Crippen LogP contribution in [0.2, 0.25) is 0 Å². The molecule has 1 saturated heterocycles. The zero-order valence-corrected chi connectivity index (χ0v) is 12.4. The molecule has 2 atom stereocenters. The average molecular weight is 262 g/mol. The first-order valence-corrected chi connectivity index (χ1v) is 7.38. The van der Waals surface area contributed by atoms with E-state index in [2.05, 4.69) is 42.4 Å². The molecule has 19 heavy (non-hydrogen) atoms. The van der Waals surface area contributed by atoms with Crippen molar-refractivity contribution in [3.63, 3.8) is 0 Å². The number of hydrogen-bond acceptors (Lipinski definition) is 3. The van der Waals surface area contributed by atoms with Gasteiger partial charge in [-0.2, -0.15) is 0 Å². The molecule has 0 bridgehead atoms. The van der Waals surface area contributed by atoms with Crippen LogP contribution in [-0.4, -0.2) is 37.7 Å². The van der Waals surface area contributed by atoms with Gasteiger partial charge in [-0.05, 0) is 46.3 Å². The number of para-hydroxylation sites is 1. The van der Waals surface area contributed by atoms with Crippen molar-refractivity contribution in [2.45, 2.75) is 38.8 Å². The first kappa shape index (κ1) is 14.4. The minimum Gasteiger partial charge on any atom is -0.494 e. The van der Waals surface area contributed by atoms with Crippen LogP contribution in [0.3, 0.4) is 0 Å². The summed E-state index contributed by atoms with van der Waals surface area (Å²) in [7, 11) is 2.23. The highest BCUT2D eigenvalue weighted by Crippen LogP contribution is 2.30. The minimum atomic E-state index is 0.382. The van der Waals surface area contributed by atoms with Gasteiger partial charge in [0.15, 0.2) is 0 Å². The molecular formula is C16H26N2O. The minimum absolute atomic E-state index is 0.382. The molecule has 0 amide bonds. The molecule has 1 aliphatic heterocycles. The van der Waals surface area contributed by atoms with E-state index < -0.39 is 0 Å². The van der Waals surface area contributed by atoms with Crippen LogP contribution in [0.25, 0.3) is 0 Å². The number of ether oxygens (including phenoxy) is 1. The summed E-state index contributed by atoms with van der Waals surface area (Å²) in [6, 6.07) is 9.40. The van der Waals surface area contributed by atoms with Gasteiger partial charge in [0.25, 0.3) is 0 Å². The van der Waals surface area contributed by atoms with Crippen molar-refractivity contribution in [2.75, 3.05) is 26.7 Å². The molecule has 0 saturated carbocycles. The van der Waals surface area contributed by atoms with Crippen molar-refractivity contribution in [1.29, 1.82) is 0 Å². The van der Waals surface area contributed by atoms with Crippen LogP contribution in [0.15, 0.2) is 24.3 Å². The Kier molecular flexibility index (Phi) is 5.23. The van der Waals surface area contributed by atoms with Crippen molar-refractivity contribution in [3.05, 3.63) is 29.8 Å². The maximum Gasteiger partial charge on any atom is 0.124 e. The highest BCUT2D eigenvalue weighted by molar-refractivity contribution is 5.35. The number of likely N-dealkylation sites (N-methyl/N-ethyl adjacent to an activating group) is 1. The number of nitrogens with zero attached hydrogens (tertiary/aromatic N) is 1. The second-order valence-electron chi connectivity index (χ2n) is 5.31. The van der Waals surface area contributed by atoms with Crippen molar-refractivity contribution < 1.29 is 4.74 Å². The SMILES string of the molecule is CCOc1ccccc1C(C)N(C)C1CCCNC1. The summed E-state index contributed by atoms with van der Waals surface area (Å²) in [5.41, 5.74) is 1.29. The van der Waals surface area contributed by atoms with Crippen LogP contribution in [0.5, 0.6) is 5.75 Å². The molecule has 0 aromatic heterocycles. The van der Waals surface area contributed by atoms with E-state index in [1.165, 1.54) is 18.4 Å². The molecule has 0 aliphatic carbocycles. The van der Waals surface area contributed by atoms with Gasteiger partial charge in [-0.25, -0.2) is 0 Å². The monoisotopic (exact) mass is 262 g/mol. The van der Waals surface area contributed by atoms with E-state index in [-0.39, 0.29) is 0 Å². The van der Waals surface area contributed by atoms with E-state index in [9.17, 15) is 0 Å². The molecule has 1 aromatic carbocycles. The Morgan fingerprint density at radius 1 is 1.42 bits per heavy atom. The summed E-state index contributed by atoms with van der Waals surface area (Å²) in [4.78, 5) is 2.48. The lowest BCUT2D eigenvalue weighted by molar-refractivity contribution is 0.153. The fraction of sp³-hybridized carbons (Fsp3) is 0.625. The van der Waals surface area contributed by atoms with Gasteiger partial charge in [0, 0.05) is 24.2 Å². The molecule has 1 fully saturated rings. The normalized spacial score (nSPS) is 21.4. The van der Waals surface area contributed by atoms with Gasteiger partial charge in [0.1, 0.15) is 5.75 Å². The second kappa shape index (κ2) is 6.92. The van der Waals surface area contributed by atoms with E-state index in [4.69, 9.17) is 4.74 Å². The maximum absolute atomic E-state index is 5.75. The topological polar surface area (TPSA) is 24.5 Å². The Morgan fingerprint density at radius 3 is 2.89 bits per heavy atom. The van der Waals surface area contributed by atoms with Gasteiger partial charge >= 0.3 is 0 Å². The molecule has 3 nitrogen and oxygen atoms in total. The molecule has 0 radical (unpaired) electrons. The van der Waals surface area contributed by atoms with Gasteiger partial charge in [0.05, 0.1) is 6.61 Å². The van der Waals surface area contributed by atoms with Gasteiger partial charge in [-0.1, -0.05) is 18.2 Å². The summed E-state index contributed by atoms with van der Waals surface area (Å²) in [5, 5.41) is 3.49. The van der Waals surface area contributed by atoms with Gasteiger partial charge < -0.3 is 10.1 Å². The molecule has 2 rings (SSSR count). The van der Waals surface area contributed by atoms with E-state index >= 15 is 0 Å². The largest absolute Gasteiger partial charge is 0.494 e. The highest BCUT2D eigenvalue weighted by atomic mass is 16.5. The van der Waals surface area contributed by atoms with Crippen LogP contribution < -0.4 is 10.1 Å². The molecule has 1 aromatic rings. The lowest BCUT2D eigenvalue weighted by atomic mass is 10.0. The molecule has 2 unspecified atom stereocenters. The van der Waals surface area contributed by atoms with Gasteiger partial charge in [0.2, 0.25) is 0 Å². The number of nitrogens with one attached hydrogen (secondary N) is 1. The summed E-state index contributed by atoms with van der Waals surface area (Å²) < 4.78 is 5.75. The second-order valence-corrected chi connectivity index (χ2v) is 5.31. The number of piperidine rings is 1. The van der Waals surface area contributed by atoms with Crippen LogP contribution in [-0.2, 0) is 0 Å². The van der Waals surface area contributed by atoms with E-state index in [1.54, 1.807) is 0 Å². The van der Waals surface area contributed by atoms with E-state index in [0.29, 0.717) is 12.1 Å². The lowest BCUT2D eigenvalue weighted by Gasteiger charge is -2.36. The number of benzene rings is 1. The molecule has 1 N–H and O–H groups in total. The quantitative estimate of drug-likeness (QED) is 0.883. The fourth-order valence-electron chi connectivity index (χ4n) is 2.83. The molecule has 1 heterocycles. The number of hydrogen-bond donors (Lipinski definition) is 1. The molecule has 1 aliphatic rings. The van der Waals surface area contributed by atoms with Crippen molar-refractivity contribution >= 4 is 0 Å². The third-order valence-corrected chi connectivity index (χ3v) is 4.13. The maximum atomic E-state index is 5.75. The van der Waals surface area contributed by atoms with Crippen LogP contribution >= 0.6 is 0 Å². The predicted octanol–water partition coefficient (Wildman–Crippen LogP) is 2.83. The predicted molar refractivity (Wildman–Crippen MR) is 79.7 cm³/mol. The Labute approximate surface area is 116 Å². The van der Waals surface area contributed by atoms with Crippen LogP contribution in [0, 0.1) is 0 Å². The molecule has 106 valence electrons. The van der Waals surface area contributed by atoms with Crippen LogP contribution in [0.1, 0.15) is 38.3 Å². The first-order valence-electron chi connectivity index (χ1n) is 7.38. The molecular weight excluding hydrogens is 236 g/mol. The van der Waals surface area contributed by atoms with Gasteiger partial charge in [-0.15, -0.1) is 0 Å². The third kappa shape index (κ3) is 3.48. The zero-order chi connectivity index (χ0) is 13.7. The lowest BCUT2D eigenvalue weighted by Crippen LogP contribution is -2.45. The van der Waals surface area contributed by atoms with E-state index in [1.807, 2.05) is 13.0 Å². The fourth-order valence-corrected chi connectivity index (χ4v) is 2.83. The van der Waals surface area contributed by atoms with Crippen molar-refractivity contribution in [3.8, 4) is 5.75 Å². The van der Waals surface area contributed by atoms with Gasteiger partial charge in [-0.3, -0.25) is 4.90 Å². The third-order valence-electron chi connectivity index (χ3n) is 4.13. The summed E-state index contributed by atoms with van der Waals surface area (Å²) in [6.07, 6.45) is 2.56. The average Bonchev–Trinajstić information content (AvgIpc) is 2.47. The highest BCUT2D eigenvalue weighted by Gasteiger charge is 2.24. The summed E-state index contributed by atoms with van der Waals surface area (Å²) in [5.74, 6) is 1.02. The standard InChI is InChI=1S/C16H26N2O/c1-4-19-16-10-6-5-9-15(16)13(2)18(3)14-8-7-11-17-12-14/h5-6,9-10,13-14,17H,4,7-8,11-12H2,1-3H3. The number of rotatable bonds is 5.